The van der Waals surface area contributed by atoms with E-state index in [0.29, 0.717) is 6.54 Å². The molecule has 18 heavy (non-hydrogen) atoms. The maximum Gasteiger partial charge on any atom is 0.124 e. The van der Waals surface area contributed by atoms with Crippen molar-refractivity contribution in [3.05, 3.63) is 35.2 Å². The van der Waals surface area contributed by atoms with Gasteiger partial charge in [0.1, 0.15) is 12.0 Å². The number of thiazole rings is 1. The average Bonchev–Trinajstić information content (AvgIpc) is 2.94. The second-order valence-corrected chi connectivity index (χ2v) is 5.22. The average molecular weight is 260 g/mol. The van der Waals surface area contributed by atoms with E-state index in [1.54, 1.807) is 17.6 Å². The number of nitrogens with two attached hydrogens (primary N) is 1. The minimum Gasteiger partial charge on any atom is -0.397 e. The fourth-order valence-electron chi connectivity index (χ4n) is 1.77. The van der Waals surface area contributed by atoms with Gasteiger partial charge in [-0.05, 0) is 19.1 Å². The SMILES string of the molecule is Cc1nc2cc(NCc3ccon3)c(N)cc2s1. The topological polar surface area (TPSA) is 77.0 Å². The first-order chi connectivity index (χ1) is 8.72. The molecule has 2 aromatic heterocycles. The molecule has 0 aliphatic carbocycles. The van der Waals surface area contributed by atoms with Crippen LogP contribution in [0.1, 0.15) is 10.7 Å². The highest BCUT2D eigenvalue weighted by atomic mass is 32.1. The van der Waals surface area contributed by atoms with Crippen LogP contribution in [0.5, 0.6) is 0 Å². The Morgan fingerprint density at radius 3 is 3.11 bits per heavy atom. The van der Waals surface area contributed by atoms with E-state index < -0.39 is 0 Å². The Kier molecular flexibility index (Phi) is 2.64. The molecule has 5 nitrogen and oxygen atoms in total. The van der Waals surface area contributed by atoms with Crippen molar-refractivity contribution in [1.29, 1.82) is 0 Å². The first-order valence-corrected chi connectivity index (χ1v) is 6.34. The molecule has 0 unspecified atom stereocenters. The zero-order chi connectivity index (χ0) is 12.5. The van der Waals surface area contributed by atoms with Crippen LogP contribution in [0.3, 0.4) is 0 Å². The molecule has 0 spiro atoms. The molecule has 0 saturated carbocycles. The summed E-state index contributed by atoms with van der Waals surface area (Å²) in [5.41, 5.74) is 9.40. The lowest BCUT2D eigenvalue weighted by Crippen LogP contribution is -2.02. The molecule has 0 saturated heterocycles. The predicted molar refractivity (Wildman–Crippen MR) is 72.6 cm³/mol. The van der Waals surface area contributed by atoms with Crippen LogP contribution in [0.15, 0.2) is 29.0 Å². The van der Waals surface area contributed by atoms with Crippen LogP contribution in [0.4, 0.5) is 11.4 Å². The maximum atomic E-state index is 6.01. The number of nitrogens with zero attached hydrogens (tertiary/aromatic N) is 2. The summed E-state index contributed by atoms with van der Waals surface area (Å²) in [5.74, 6) is 0. The van der Waals surface area contributed by atoms with Gasteiger partial charge in [-0.1, -0.05) is 5.16 Å². The van der Waals surface area contributed by atoms with Crippen LogP contribution in [-0.4, -0.2) is 10.1 Å². The zero-order valence-corrected chi connectivity index (χ0v) is 10.6. The fourth-order valence-corrected chi connectivity index (χ4v) is 2.63. The van der Waals surface area contributed by atoms with Gasteiger partial charge in [-0.2, -0.15) is 0 Å². The first-order valence-electron chi connectivity index (χ1n) is 5.52. The second kappa shape index (κ2) is 4.30. The van der Waals surface area contributed by atoms with Crippen LogP contribution in [0, 0.1) is 6.92 Å². The minimum atomic E-state index is 0.579. The van der Waals surface area contributed by atoms with Gasteiger partial charge in [0.25, 0.3) is 0 Å². The number of aryl methyl sites for hydroxylation is 1. The Labute approximate surface area is 108 Å². The quantitative estimate of drug-likeness (QED) is 0.708. The highest BCUT2D eigenvalue weighted by Crippen LogP contribution is 2.29. The zero-order valence-electron chi connectivity index (χ0n) is 9.80. The Morgan fingerprint density at radius 1 is 1.44 bits per heavy atom. The van der Waals surface area contributed by atoms with Gasteiger partial charge >= 0.3 is 0 Å². The molecule has 3 aromatic rings. The summed E-state index contributed by atoms with van der Waals surface area (Å²) in [6.45, 7) is 2.57. The summed E-state index contributed by atoms with van der Waals surface area (Å²) >= 11 is 1.64. The molecule has 3 N–H and O–H groups in total. The number of benzene rings is 1. The van der Waals surface area contributed by atoms with E-state index >= 15 is 0 Å². The Balaban J connectivity index is 1.88. The molecular formula is C12H12N4OS. The van der Waals surface area contributed by atoms with E-state index in [9.17, 15) is 0 Å². The van der Waals surface area contributed by atoms with Crippen molar-refractivity contribution < 1.29 is 4.52 Å². The molecule has 0 atom stereocenters. The molecule has 92 valence electrons. The molecule has 3 rings (SSSR count). The smallest absolute Gasteiger partial charge is 0.124 e. The summed E-state index contributed by atoms with van der Waals surface area (Å²) < 4.78 is 5.88. The molecule has 2 heterocycles. The van der Waals surface area contributed by atoms with Crippen LogP contribution in [0.25, 0.3) is 10.2 Å². The van der Waals surface area contributed by atoms with E-state index in [-0.39, 0.29) is 0 Å². The Morgan fingerprint density at radius 2 is 2.33 bits per heavy atom. The van der Waals surface area contributed by atoms with Crippen molar-refractivity contribution in [3.8, 4) is 0 Å². The molecular weight excluding hydrogens is 248 g/mol. The van der Waals surface area contributed by atoms with Gasteiger partial charge in [0, 0.05) is 6.07 Å². The molecule has 0 fully saturated rings. The number of hydrogen-bond donors (Lipinski definition) is 2. The van der Waals surface area contributed by atoms with Gasteiger partial charge in [-0.15, -0.1) is 11.3 Å². The lowest BCUT2D eigenvalue weighted by atomic mass is 10.2. The highest BCUT2D eigenvalue weighted by Gasteiger charge is 2.06. The van der Waals surface area contributed by atoms with Crippen molar-refractivity contribution in [1.82, 2.24) is 10.1 Å². The van der Waals surface area contributed by atoms with Crippen molar-refractivity contribution in [3.63, 3.8) is 0 Å². The number of nitrogens with one attached hydrogen (secondary N) is 1. The summed E-state index contributed by atoms with van der Waals surface area (Å²) in [7, 11) is 0. The number of aromatic nitrogens is 2. The lowest BCUT2D eigenvalue weighted by molar-refractivity contribution is 0.412. The Hall–Kier alpha value is -2.08. The van der Waals surface area contributed by atoms with Gasteiger partial charge in [0.05, 0.1) is 33.1 Å². The third kappa shape index (κ3) is 2.02. The van der Waals surface area contributed by atoms with E-state index in [1.807, 2.05) is 25.1 Å². The summed E-state index contributed by atoms with van der Waals surface area (Å²) in [4.78, 5) is 4.45. The first kappa shape index (κ1) is 11.0. The van der Waals surface area contributed by atoms with Gasteiger partial charge in [-0.25, -0.2) is 4.98 Å². The third-order valence-corrected chi connectivity index (χ3v) is 3.55. The highest BCUT2D eigenvalue weighted by molar-refractivity contribution is 7.18. The summed E-state index contributed by atoms with van der Waals surface area (Å²) in [6.07, 6.45) is 1.55. The molecule has 0 amide bonds. The lowest BCUT2D eigenvalue weighted by Gasteiger charge is -2.07. The van der Waals surface area contributed by atoms with Gasteiger partial charge in [0.2, 0.25) is 0 Å². The summed E-state index contributed by atoms with van der Waals surface area (Å²) in [5, 5.41) is 8.11. The number of hydrogen-bond acceptors (Lipinski definition) is 6. The fraction of sp³-hybridized carbons (Fsp3) is 0.167. The van der Waals surface area contributed by atoms with E-state index in [1.165, 1.54) is 0 Å². The van der Waals surface area contributed by atoms with Crippen molar-refractivity contribution in [2.45, 2.75) is 13.5 Å². The standard InChI is InChI=1S/C12H12N4OS/c1-7-15-11-5-10(9(13)4-12(11)18-7)14-6-8-2-3-17-16-8/h2-5,14H,6,13H2,1H3. The number of anilines is 2. The predicted octanol–water partition coefficient (Wildman–Crippen LogP) is 2.79. The molecule has 0 aliphatic rings. The van der Waals surface area contributed by atoms with Crippen molar-refractivity contribution >= 4 is 32.9 Å². The van der Waals surface area contributed by atoms with Crippen LogP contribution < -0.4 is 11.1 Å². The van der Waals surface area contributed by atoms with Crippen molar-refractivity contribution in [2.75, 3.05) is 11.1 Å². The van der Waals surface area contributed by atoms with Gasteiger partial charge in [-0.3, -0.25) is 0 Å². The molecule has 6 heteroatoms. The Bertz CT molecular complexity index is 675. The largest absolute Gasteiger partial charge is 0.397 e. The normalized spacial score (nSPS) is 10.9. The minimum absolute atomic E-state index is 0.579. The van der Waals surface area contributed by atoms with E-state index in [0.717, 1.165) is 32.3 Å². The third-order valence-electron chi connectivity index (χ3n) is 2.62. The molecule has 0 aliphatic heterocycles. The van der Waals surface area contributed by atoms with Crippen LogP contribution in [0.2, 0.25) is 0 Å². The second-order valence-electron chi connectivity index (χ2n) is 3.98. The maximum absolute atomic E-state index is 6.01. The number of fused-ring (bicyclic) bond motifs is 1. The monoisotopic (exact) mass is 260 g/mol. The van der Waals surface area contributed by atoms with Crippen LogP contribution >= 0.6 is 11.3 Å². The number of nitrogen functional groups attached to an aromatic ring is 1. The number of rotatable bonds is 3. The molecule has 0 bridgehead atoms. The summed E-state index contributed by atoms with van der Waals surface area (Å²) in [6, 6.07) is 5.73. The van der Waals surface area contributed by atoms with Gasteiger partial charge < -0.3 is 15.6 Å². The molecule has 1 aromatic carbocycles. The molecule has 0 radical (unpaired) electrons. The van der Waals surface area contributed by atoms with E-state index in [4.69, 9.17) is 10.3 Å². The van der Waals surface area contributed by atoms with Crippen molar-refractivity contribution in [2.24, 2.45) is 0 Å². The van der Waals surface area contributed by atoms with Crippen LogP contribution in [-0.2, 0) is 6.54 Å². The van der Waals surface area contributed by atoms with Gasteiger partial charge in [0.15, 0.2) is 0 Å². The van der Waals surface area contributed by atoms with E-state index in [2.05, 4.69) is 15.5 Å².